The minimum absolute atomic E-state index is 0.0457. The Morgan fingerprint density at radius 3 is 2.35 bits per heavy atom. The average Bonchev–Trinajstić information content (AvgIpc) is 3.05. The Morgan fingerprint density at radius 2 is 1.65 bits per heavy atom. The smallest absolute Gasteiger partial charge is 0.321 e. The van der Waals surface area contributed by atoms with Crippen LogP contribution in [0.4, 0.5) is 16.3 Å². The number of nitrogens with zero attached hydrogens (tertiary/aromatic N) is 4. The second-order valence-corrected chi connectivity index (χ2v) is 9.42. The van der Waals surface area contributed by atoms with E-state index in [1.807, 2.05) is 75.1 Å². The molecule has 34 heavy (non-hydrogen) atoms. The Hall–Kier alpha value is -3.12. The van der Waals surface area contributed by atoms with Gasteiger partial charge in [0.1, 0.15) is 11.6 Å². The molecule has 2 heterocycles. The predicted octanol–water partition coefficient (Wildman–Crippen LogP) is 5.70. The summed E-state index contributed by atoms with van der Waals surface area (Å²) in [5, 5.41) is 3.86. The SMILES string of the molecule is Cc1nc(C)c(Cc2ccc(Cl)cc2)c(N2CCCN(C(=O)Nc3c(C)cccc3C)CC2)n1. The largest absolute Gasteiger partial charge is 0.354 e. The predicted molar refractivity (Wildman–Crippen MR) is 139 cm³/mol. The van der Waals surface area contributed by atoms with E-state index in [9.17, 15) is 4.79 Å². The minimum atomic E-state index is -0.0457. The first kappa shape index (κ1) is 24.0. The number of nitrogens with one attached hydrogen (secondary N) is 1. The third-order valence-corrected chi connectivity index (χ3v) is 6.65. The number of urea groups is 1. The highest BCUT2D eigenvalue weighted by Gasteiger charge is 2.23. The number of amides is 2. The highest BCUT2D eigenvalue weighted by molar-refractivity contribution is 6.30. The summed E-state index contributed by atoms with van der Waals surface area (Å²) in [4.78, 5) is 26.8. The maximum atomic E-state index is 13.1. The molecule has 2 aromatic carbocycles. The van der Waals surface area contributed by atoms with Crippen molar-refractivity contribution in [3.8, 4) is 0 Å². The van der Waals surface area contributed by atoms with Gasteiger partial charge in [0.25, 0.3) is 0 Å². The summed E-state index contributed by atoms with van der Waals surface area (Å²) in [5.74, 6) is 1.73. The molecular formula is C27H32ClN5O. The normalized spacial score (nSPS) is 14.1. The van der Waals surface area contributed by atoms with Crippen LogP contribution in [0.1, 0.15) is 40.2 Å². The number of anilines is 2. The molecule has 2 amide bonds. The minimum Gasteiger partial charge on any atom is -0.354 e. The number of hydrogen-bond donors (Lipinski definition) is 1. The van der Waals surface area contributed by atoms with E-state index in [4.69, 9.17) is 16.6 Å². The number of hydrogen-bond acceptors (Lipinski definition) is 4. The van der Waals surface area contributed by atoms with E-state index in [0.29, 0.717) is 13.1 Å². The molecule has 0 unspecified atom stereocenters. The Bertz CT molecular complexity index is 1160. The molecule has 3 aromatic rings. The molecule has 1 fully saturated rings. The molecule has 1 aromatic heterocycles. The van der Waals surface area contributed by atoms with E-state index in [1.165, 1.54) is 5.56 Å². The van der Waals surface area contributed by atoms with E-state index >= 15 is 0 Å². The van der Waals surface area contributed by atoms with Crippen molar-refractivity contribution in [2.45, 2.75) is 40.5 Å². The van der Waals surface area contributed by atoms with Crippen molar-refractivity contribution < 1.29 is 4.79 Å². The highest BCUT2D eigenvalue weighted by Crippen LogP contribution is 2.26. The fraction of sp³-hybridized carbons (Fsp3) is 0.370. The number of aryl methyl sites for hydroxylation is 4. The van der Waals surface area contributed by atoms with Crippen molar-refractivity contribution in [1.82, 2.24) is 14.9 Å². The number of rotatable bonds is 4. The van der Waals surface area contributed by atoms with Crippen LogP contribution in [-0.4, -0.2) is 47.1 Å². The molecule has 0 saturated carbocycles. The lowest BCUT2D eigenvalue weighted by Crippen LogP contribution is -2.38. The van der Waals surface area contributed by atoms with Crippen LogP contribution >= 0.6 is 11.6 Å². The molecule has 0 spiro atoms. The van der Waals surface area contributed by atoms with Gasteiger partial charge in [0.05, 0.1) is 0 Å². The van der Waals surface area contributed by atoms with Crippen LogP contribution in [0.2, 0.25) is 5.02 Å². The zero-order chi connectivity index (χ0) is 24.2. The van der Waals surface area contributed by atoms with E-state index in [0.717, 1.165) is 70.7 Å². The first-order chi connectivity index (χ1) is 16.3. The summed E-state index contributed by atoms with van der Waals surface area (Å²) in [6.07, 6.45) is 1.62. The van der Waals surface area contributed by atoms with Gasteiger partial charge in [0.2, 0.25) is 0 Å². The molecule has 1 aliphatic rings. The van der Waals surface area contributed by atoms with Crippen molar-refractivity contribution in [2.75, 3.05) is 36.4 Å². The van der Waals surface area contributed by atoms with Gasteiger partial charge >= 0.3 is 6.03 Å². The van der Waals surface area contributed by atoms with Gasteiger partial charge in [-0.25, -0.2) is 14.8 Å². The summed E-state index contributed by atoms with van der Waals surface area (Å²) in [7, 11) is 0. The monoisotopic (exact) mass is 477 g/mol. The summed E-state index contributed by atoms with van der Waals surface area (Å²) in [5.41, 5.74) is 6.34. The molecule has 0 aliphatic carbocycles. The zero-order valence-electron chi connectivity index (χ0n) is 20.4. The lowest BCUT2D eigenvalue weighted by atomic mass is 10.0. The highest BCUT2D eigenvalue weighted by atomic mass is 35.5. The molecule has 1 N–H and O–H groups in total. The van der Waals surface area contributed by atoms with Crippen molar-refractivity contribution in [2.24, 2.45) is 0 Å². The van der Waals surface area contributed by atoms with Crippen LogP contribution in [-0.2, 0) is 6.42 Å². The number of halogens is 1. The molecule has 6 nitrogen and oxygen atoms in total. The lowest BCUT2D eigenvalue weighted by Gasteiger charge is -2.26. The Balaban J connectivity index is 1.51. The second kappa shape index (κ2) is 10.4. The van der Waals surface area contributed by atoms with Crippen molar-refractivity contribution in [3.05, 3.63) is 81.3 Å². The molecule has 178 valence electrons. The van der Waals surface area contributed by atoms with E-state index in [1.54, 1.807) is 0 Å². The van der Waals surface area contributed by atoms with Gasteiger partial charge in [-0.15, -0.1) is 0 Å². The van der Waals surface area contributed by atoms with Crippen LogP contribution < -0.4 is 10.2 Å². The van der Waals surface area contributed by atoms with Crippen molar-refractivity contribution in [1.29, 1.82) is 0 Å². The molecule has 1 saturated heterocycles. The van der Waals surface area contributed by atoms with Crippen molar-refractivity contribution >= 4 is 29.1 Å². The number of carbonyl (C=O) groups excluding carboxylic acids is 1. The Kier molecular flexibility index (Phi) is 7.37. The molecule has 1 aliphatic heterocycles. The summed E-state index contributed by atoms with van der Waals surface area (Å²) in [6.45, 7) is 10.9. The third kappa shape index (κ3) is 5.50. The van der Waals surface area contributed by atoms with Gasteiger partial charge in [-0.3, -0.25) is 0 Å². The molecule has 0 bridgehead atoms. The Labute approximate surface area is 207 Å². The molecule has 4 rings (SSSR count). The first-order valence-electron chi connectivity index (χ1n) is 11.8. The molecular weight excluding hydrogens is 446 g/mol. The fourth-order valence-electron chi connectivity index (χ4n) is 4.52. The summed E-state index contributed by atoms with van der Waals surface area (Å²) < 4.78 is 0. The average molecular weight is 478 g/mol. The second-order valence-electron chi connectivity index (χ2n) is 8.99. The van der Waals surface area contributed by atoms with Gasteiger partial charge in [-0.2, -0.15) is 0 Å². The van der Waals surface area contributed by atoms with Crippen LogP contribution in [0.15, 0.2) is 42.5 Å². The fourth-order valence-corrected chi connectivity index (χ4v) is 4.65. The van der Waals surface area contributed by atoms with Crippen LogP contribution in [0.25, 0.3) is 0 Å². The zero-order valence-corrected chi connectivity index (χ0v) is 21.1. The van der Waals surface area contributed by atoms with Crippen molar-refractivity contribution in [3.63, 3.8) is 0 Å². The van der Waals surface area contributed by atoms with Crippen LogP contribution in [0.5, 0.6) is 0 Å². The number of benzene rings is 2. The Morgan fingerprint density at radius 1 is 0.941 bits per heavy atom. The first-order valence-corrected chi connectivity index (χ1v) is 12.2. The molecule has 0 atom stereocenters. The number of aromatic nitrogens is 2. The summed E-state index contributed by atoms with van der Waals surface area (Å²) in [6, 6.07) is 13.9. The maximum absolute atomic E-state index is 13.1. The van der Waals surface area contributed by atoms with Crippen LogP contribution in [0, 0.1) is 27.7 Å². The standard InChI is InChI=1S/C27H32ClN5O/c1-18-7-5-8-19(2)25(18)31-27(34)33-14-6-13-32(15-16-33)26-24(20(3)29-21(4)30-26)17-22-9-11-23(28)12-10-22/h5,7-12H,6,13-17H2,1-4H3,(H,31,34). The van der Waals surface area contributed by atoms with Gasteiger partial charge in [0, 0.05) is 54.6 Å². The quantitative estimate of drug-likeness (QED) is 0.523. The third-order valence-electron chi connectivity index (χ3n) is 6.39. The van der Waals surface area contributed by atoms with Gasteiger partial charge in [0.15, 0.2) is 0 Å². The molecule has 7 heteroatoms. The maximum Gasteiger partial charge on any atom is 0.321 e. The van der Waals surface area contributed by atoms with Gasteiger partial charge in [-0.1, -0.05) is 41.9 Å². The lowest BCUT2D eigenvalue weighted by molar-refractivity contribution is 0.215. The van der Waals surface area contributed by atoms with Gasteiger partial charge in [-0.05, 0) is 62.9 Å². The van der Waals surface area contributed by atoms with E-state index in [2.05, 4.69) is 15.2 Å². The topological polar surface area (TPSA) is 61.4 Å². The van der Waals surface area contributed by atoms with Crippen LogP contribution in [0.3, 0.4) is 0 Å². The van der Waals surface area contributed by atoms with Gasteiger partial charge < -0.3 is 15.1 Å². The molecule has 0 radical (unpaired) electrons. The summed E-state index contributed by atoms with van der Waals surface area (Å²) >= 11 is 6.08. The number of carbonyl (C=O) groups is 1. The number of para-hydroxylation sites is 1. The van der Waals surface area contributed by atoms with E-state index < -0.39 is 0 Å². The van der Waals surface area contributed by atoms with E-state index in [-0.39, 0.29) is 6.03 Å².